The molecule has 3 aliphatic heterocycles. The number of aromatic nitrogens is 5. The molecule has 0 bridgehead atoms. The van der Waals surface area contributed by atoms with Crippen molar-refractivity contribution >= 4 is 74.0 Å². The van der Waals surface area contributed by atoms with Gasteiger partial charge in [-0.1, -0.05) is 30.7 Å². The van der Waals surface area contributed by atoms with Gasteiger partial charge in [-0.05, 0) is 74.6 Å². The summed E-state index contributed by atoms with van der Waals surface area (Å²) in [7, 11) is 3.50. The number of para-hydroxylation sites is 1. The molecule has 2 aliphatic carbocycles. The third-order valence-corrected chi connectivity index (χ3v) is 13.4. The van der Waals surface area contributed by atoms with Crippen molar-refractivity contribution in [2.24, 2.45) is 31.3 Å². The normalized spacial score (nSPS) is 24.8. The molecule has 17 heteroatoms. The van der Waals surface area contributed by atoms with Gasteiger partial charge in [-0.25, -0.2) is 13.8 Å². The van der Waals surface area contributed by atoms with Gasteiger partial charge in [0.05, 0.1) is 46.3 Å². The minimum absolute atomic E-state index is 0.112. The number of benzene rings is 2. The Morgan fingerprint density at radius 2 is 1.85 bits per heavy atom. The van der Waals surface area contributed by atoms with Crippen molar-refractivity contribution in [3.63, 3.8) is 0 Å². The number of aryl methyl sites for hydroxylation is 2. The van der Waals surface area contributed by atoms with Gasteiger partial charge < -0.3 is 30.2 Å². The fourth-order valence-corrected chi connectivity index (χ4v) is 10.1. The molecule has 4 N–H and O–H groups in total. The maximum absolute atomic E-state index is 15.2. The number of nitrogens with one attached hydrogen (secondary N) is 4. The molecule has 5 aliphatic rings. The number of halogens is 3. The molecule has 14 nitrogen and oxygen atoms in total. The molecule has 1 unspecified atom stereocenters. The fourth-order valence-electron chi connectivity index (χ4n) is 9.99. The van der Waals surface area contributed by atoms with Crippen molar-refractivity contribution < 1.29 is 23.1 Å². The molecular weight excluding hydrogens is 782 g/mol. The van der Waals surface area contributed by atoms with E-state index in [0.717, 1.165) is 48.9 Å². The maximum Gasteiger partial charge on any atom is 0.301 e. The minimum atomic E-state index is -3.13. The number of pyridine rings is 1. The Balaban J connectivity index is 0.831. The number of amides is 2. The van der Waals surface area contributed by atoms with E-state index in [2.05, 4.69) is 44.1 Å². The van der Waals surface area contributed by atoms with Crippen LogP contribution in [-0.4, -0.2) is 73.8 Å². The third-order valence-electron chi connectivity index (χ3n) is 13.2. The second-order valence-electron chi connectivity index (χ2n) is 17.3. The minimum Gasteiger partial charge on any atom is -0.480 e. The van der Waals surface area contributed by atoms with Gasteiger partial charge in [-0.3, -0.25) is 24.4 Å². The lowest BCUT2D eigenvalue weighted by molar-refractivity contribution is -0.134. The monoisotopic (exact) mass is 826 g/mol. The summed E-state index contributed by atoms with van der Waals surface area (Å²) in [4.78, 5) is 49.3. The van der Waals surface area contributed by atoms with Crippen LogP contribution in [0.5, 0.6) is 5.75 Å². The lowest BCUT2D eigenvalue weighted by Gasteiger charge is -2.55. The first kappa shape index (κ1) is 37.7. The van der Waals surface area contributed by atoms with Crippen molar-refractivity contribution in [1.29, 1.82) is 0 Å². The van der Waals surface area contributed by atoms with Crippen molar-refractivity contribution in [1.82, 2.24) is 29.6 Å². The number of nitrogens with zero attached hydrogens (tertiary/aromatic N) is 6. The fraction of sp³-hybridized carbons (Fsp3) is 0.476. The van der Waals surface area contributed by atoms with Crippen molar-refractivity contribution in [3.8, 4) is 5.75 Å². The molecule has 2 saturated carbocycles. The Hall–Kier alpha value is -5.51. The smallest absolute Gasteiger partial charge is 0.301 e. The van der Waals surface area contributed by atoms with Gasteiger partial charge in [0, 0.05) is 61.5 Å². The Bertz CT molecular complexity index is 2620. The Kier molecular flexibility index (Phi) is 8.82. The van der Waals surface area contributed by atoms with E-state index in [1.54, 1.807) is 31.4 Å². The van der Waals surface area contributed by atoms with Gasteiger partial charge in [0.25, 0.3) is 5.56 Å². The van der Waals surface area contributed by atoms with E-state index < -0.39 is 30.0 Å². The number of rotatable bonds is 7. The molecular formula is C42H45ClF2N10O4. The van der Waals surface area contributed by atoms with Crippen LogP contribution in [0.3, 0.4) is 0 Å². The van der Waals surface area contributed by atoms with Crippen molar-refractivity contribution in [3.05, 3.63) is 63.7 Å². The number of alkyl halides is 2. The van der Waals surface area contributed by atoms with E-state index in [9.17, 15) is 14.4 Å². The van der Waals surface area contributed by atoms with Gasteiger partial charge in [0.1, 0.15) is 5.02 Å². The van der Waals surface area contributed by atoms with Crippen LogP contribution in [0, 0.1) is 17.3 Å². The van der Waals surface area contributed by atoms with Crippen LogP contribution < -0.4 is 36.5 Å². The molecule has 59 heavy (non-hydrogen) atoms. The van der Waals surface area contributed by atoms with Gasteiger partial charge in [-0.15, -0.1) is 0 Å². The molecule has 2 aromatic carbocycles. The molecule has 4 fully saturated rings. The number of carbonyl (C=O) groups is 2. The standard InChI is InChI=1S/C42H45ClF2N10O4/c1-21-16-41(14-13-28(21)48-29-6-4-5-24-32(52-54(3)34(24)29)25-10-12-31(56)49-38(25)57)18-55(19-41)40-46-17-27(43)37(51-40)47-23-9-11-30-26(15-23)33-35(39(58)53(30)2)59-20-42(44,45)36(50-33)22-7-8-22/h4-6,9,11,15,17,21-22,25,28,36,48,50H,7-8,10,12-14,16,18-20H2,1-3H3,(H,46,47,51)(H,49,56,57)/t21-,25?,28-,36+/m1/s1. The maximum atomic E-state index is 15.2. The number of piperidine rings is 1. The van der Waals surface area contributed by atoms with E-state index >= 15 is 8.78 Å². The Morgan fingerprint density at radius 3 is 2.61 bits per heavy atom. The zero-order valence-corrected chi connectivity index (χ0v) is 33.7. The highest BCUT2D eigenvalue weighted by Gasteiger charge is 2.51. The van der Waals surface area contributed by atoms with Crippen LogP contribution in [0.4, 0.5) is 37.6 Å². The molecule has 0 radical (unpaired) electrons. The molecule has 6 heterocycles. The predicted molar refractivity (Wildman–Crippen MR) is 221 cm³/mol. The van der Waals surface area contributed by atoms with E-state index in [1.807, 2.05) is 23.9 Å². The molecule has 2 saturated heterocycles. The molecule has 5 aromatic rings. The number of imide groups is 1. The SMILES string of the molecule is C[C@@H]1CC2(CC[C@H]1Nc1cccc3c(C4CCC(=O)NC4=O)nn(C)c13)CN(c1ncc(Cl)c(Nc3ccc4c(c3)c3c(c(=O)n4C)OCC(F)(F)[C@H](C4CC4)N3)n1)C2. The zero-order valence-electron chi connectivity index (χ0n) is 32.9. The number of carbonyl (C=O) groups excluding carboxylic acids is 2. The van der Waals surface area contributed by atoms with Crippen LogP contribution in [-0.2, 0) is 23.7 Å². The van der Waals surface area contributed by atoms with Crippen LogP contribution >= 0.6 is 11.6 Å². The summed E-state index contributed by atoms with van der Waals surface area (Å²) in [5, 5.41) is 19.2. The van der Waals surface area contributed by atoms with Crippen molar-refractivity contribution in [2.45, 2.75) is 75.8 Å². The van der Waals surface area contributed by atoms with Gasteiger partial charge >= 0.3 is 5.92 Å². The average Bonchev–Trinajstić information content (AvgIpc) is 3.99. The second-order valence-corrected chi connectivity index (χ2v) is 17.7. The number of hydrogen-bond donors (Lipinski definition) is 4. The highest BCUT2D eigenvalue weighted by molar-refractivity contribution is 6.33. The first-order valence-electron chi connectivity index (χ1n) is 20.3. The number of fused-ring (bicyclic) bond motifs is 4. The van der Waals surface area contributed by atoms with Crippen LogP contribution in [0.2, 0.25) is 5.02 Å². The number of ether oxygens (including phenoxy) is 1. The lowest BCUT2D eigenvalue weighted by Crippen LogP contribution is -2.60. The summed E-state index contributed by atoms with van der Waals surface area (Å²) in [6.45, 7) is 3.05. The average molecular weight is 827 g/mol. The number of anilines is 5. The van der Waals surface area contributed by atoms with Gasteiger partial charge in [0.2, 0.25) is 23.5 Å². The van der Waals surface area contributed by atoms with E-state index in [0.29, 0.717) is 70.7 Å². The predicted octanol–water partition coefficient (Wildman–Crippen LogP) is 6.46. The first-order valence-corrected chi connectivity index (χ1v) is 20.7. The lowest BCUT2D eigenvalue weighted by atomic mass is 9.64. The van der Waals surface area contributed by atoms with E-state index in [4.69, 9.17) is 26.4 Å². The topological polar surface area (TPSA) is 160 Å². The highest BCUT2D eigenvalue weighted by Crippen LogP contribution is 2.49. The zero-order chi connectivity index (χ0) is 41.0. The molecule has 10 rings (SSSR count). The Labute approximate surface area is 343 Å². The molecule has 308 valence electrons. The van der Waals surface area contributed by atoms with Crippen LogP contribution in [0.15, 0.2) is 47.4 Å². The molecule has 4 atom stereocenters. The summed E-state index contributed by atoms with van der Waals surface area (Å²) in [5.41, 5.74) is 3.73. The van der Waals surface area contributed by atoms with Gasteiger partial charge in [-0.2, -0.15) is 10.1 Å². The molecule has 2 amide bonds. The van der Waals surface area contributed by atoms with Gasteiger partial charge in [0.15, 0.2) is 12.4 Å². The summed E-state index contributed by atoms with van der Waals surface area (Å²) in [6, 6.07) is 10.5. The summed E-state index contributed by atoms with van der Waals surface area (Å²) in [6.07, 6.45) is 6.76. The van der Waals surface area contributed by atoms with Crippen LogP contribution in [0.25, 0.3) is 21.8 Å². The van der Waals surface area contributed by atoms with E-state index in [-0.39, 0.29) is 40.6 Å². The highest BCUT2D eigenvalue weighted by atomic mass is 35.5. The quantitative estimate of drug-likeness (QED) is 0.134. The molecule has 3 aromatic heterocycles. The Morgan fingerprint density at radius 1 is 1.03 bits per heavy atom. The summed E-state index contributed by atoms with van der Waals surface area (Å²) in [5.74, 6) is -3.09. The first-order chi connectivity index (χ1) is 28.3. The van der Waals surface area contributed by atoms with Crippen LogP contribution in [0.1, 0.15) is 63.5 Å². The van der Waals surface area contributed by atoms with Crippen molar-refractivity contribution in [2.75, 3.05) is 40.5 Å². The third kappa shape index (κ3) is 6.50. The summed E-state index contributed by atoms with van der Waals surface area (Å²) >= 11 is 6.64. The molecule has 1 spiro atoms. The summed E-state index contributed by atoms with van der Waals surface area (Å²) < 4.78 is 39.1. The van der Waals surface area contributed by atoms with E-state index in [1.165, 1.54) is 4.57 Å². The largest absolute Gasteiger partial charge is 0.480 e. The second kappa shape index (κ2) is 13.8. The number of hydrogen-bond acceptors (Lipinski definition) is 11.